The summed E-state index contributed by atoms with van der Waals surface area (Å²) >= 11 is 0. The molecular formula is C15H19NO4. The van der Waals surface area contributed by atoms with E-state index in [0.717, 1.165) is 5.56 Å². The van der Waals surface area contributed by atoms with Crippen molar-refractivity contribution in [2.24, 2.45) is 5.92 Å². The Morgan fingerprint density at radius 2 is 2.05 bits per heavy atom. The van der Waals surface area contributed by atoms with E-state index < -0.39 is 17.9 Å². The predicted octanol–water partition coefficient (Wildman–Crippen LogP) is 2.08. The molecule has 2 atom stereocenters. The Morgan fingerprint density at radius 3 is 2.60 bits per heavy atom. The van der Waals surface area contributed by atoms with Crippen molar-refractivity contribution in [1.29, 1.82) is 0 Å². The minimum atomic E-state index is -0.947. The Labute approximate surface area is 118 Å². The number of hydrogen-bond donors (Lipinski definition) is 1. The van der Waals surface area contributed by atoms with Crippen LogP contribution in [0, 0.1) is 5.92 Å². The van der Waals surface area contributed by atoms with E-state index in [1.165, 1.54) is 0 Å². The van der Waals surface area contributed by atoms with Gasteiger partial charge in [-0.15, -0.1) is 0 Å². The molecule has 1 amide bonds. The minimum absolute atomic E-state index is 0.0379. The second-order valence-electron chi connectivity index (χ2n) is 5.23. The Morgan fingerprint density at radius 1 is 1.40 bits per heavy atom. The molecule has 5 nitrogen and oxygen atoms in total. The summed E-state index contributed by atoms with van der Waals surface area (Å²) in [6.07, 6.45) is 0.0379. The molecule has 0 radical (unpaired) electrons. The number of carboxylic acids is 1. The number of para-hydroxylation sites is 1. The van der Waals surface area contributed by atoms with Crippen LogP contribution in [0.25, 0.3) is 0 Å². The van der Waals surface area contributed by atoms with Crippen LogP contribution in [0.4, 0.5) is 0 Å². The predicted molar refractivity (Wildman–Crippen MR) is 73.5 cm³/mol. The third-order valence-electron chi connectivity index (χ3n) is 3.69. The van der Waals surface area contributed by atoms with Gasteiger partial charge in [-0.1, -0.05) is 18.2 Å². The van der Waals surface area contributed by atoms with Crippen LogP contribution < -0.4 is 4.74 Å². The number of hydrogen-bond acceptors (Lipinski definition) is 3. The van der Waals surface area contributed by atoms with Crippen molar-refractivity contribution >= 4 is 11.9 Å². The highest BCUT2D eigenvalue weighted by Gasteiger charge is 2.46. The number of aliphatic carboxylic acids is 1. The second-order valence-corrected chi connectivity index (χ2v) is 5.23. The summed E-state index contributed by atoms with van der Waals surface area (Å²) in [6, 6.07) is 6.74. The highest BCUT2D eigenvalue weighted by Crippen LogP contribution is 2.42. The molecule has 1 heterocycles. The highest BCUT2D eigenvalue weighted by molar-refractivity contribution is 5.87. The molecule has 1 aromatic carbocycles. The minimum Gasteiger partial charge on any atom is -0.496 e. The van der Waals surface area contributed by atoms with Gasteiger partial charge in [0.05, 0.1) is 19.1 Å². The van der Waals surface area contributed by atoms with Gasteiger partial charge >= 0.3 is 5.97 Å². The number of methoxy groups -OCH3 is 1. The summed E-state index contributed by atoms with van der Waals surface area (Å²) in [5.74, 6) is -1.19. The van der Waals surface area contributed by atoms with Crippen molar-refractivity contribution in [3.63, 3.8) is 0 Å². The number of likely N-dealkylation sites (tertiary alicyclic amines) is 1. The first kappa shape index (κ1) is 14.4. The molecule has 0 aliphatic carbocycles. The molecule has 0 unspecified atom stereocenters. The summed E-state index contributed by atoms with van der Waals surface area (Å²) in [7, 11) is 1.55. The molecule has 0 spiro atoms. The normalized spacial score (nSPS) is 22.4. The molecule has 108 valence electrons. The maximum Gasteiger partial charge on any atom is 0.309 e. The van der Waals surface area contributed by atoms with Gasteiger partial charge in [0, 0.05) is 18.0 Å². The zero-order chi connectivity index (χ0) is 14.9. The van der Waals surface area contributed by atoms with Gasteiger partial charge in [0.1, 0.15) is 5.75 Å². The highest BCUT2D eigenvalue weighted by atomic mass is 16.5. The standard InChI is InChI=1S/C15H19NO4/c1-9(2)16-13(17)8-11(15(18)19)14(16)10-6-4-5-7-12(10)20-3/h4-7,9,11,14H,8H2,1-3H3,(H,18,19)/t11-,14-/m0/s1. The van der Waals surface area contributed by atoms with Crippen LogP contribution in [-0.4, -0.2) is 35.0 Å². The largest absolute Gasteiger partial charge is 0.496 e. The SMILES string of the molecule is COc1ccccc1[C@H]1[C@@H](C(=O)O)CC(=O)N1C(C)C. The van der Waals surface area contributed by atoms with Crippen LogP contribution in [0.1, 0.15) is 31.9 Å². The lowest BCUT2D eigenvalue weighted by Crippen LogP contribution is -2.36. The topological polar surface area (TPSA) is 66.8 Å². The summed E-state index contributed by atoms with van der Waals surface area (Å²) in [5, 5.41) is 9.41. The van der Waals surface area contributed by atoms with Gasteiger partial charge in [-0.2, -0.15) is 0 Å². The van der Waals surface area contributed by atoms with E-state index >= 15 is 0 Å². The molecule has 1 aliphatic rings. The van der Waals surface area contributed by atoms with E-state index in [4.69, 9.17) is 4.74 Å². The monoisotopic (exact) mass is 277 g/mol. The van der Waals surface area contributed by atoms with Gasteiger partial charge in [0.2, 0.25) is 5.91 Å². The van der Waals surface area contributed by atoms with E-state index in [1.807, 2.05) is 32.0 Å². The molecule has 1 fully saturated rings. The fourth-order valence-corrected chi connectivity index (χ4v) is 2.86. The van der Waals surface area contributed by atoms with Gasteiger partial charge in [-0.25, -0.2) is 0 Å². The molecular weight excluding hydrogens is 258 g/mol. The molecule has 2 rings (SSSR count). The summed E-state index contributed by atoms with van der Waals surface area (Å²) in [5.41, 5.74) is 0.752. The van der Waals surface area contributed by atoms with Crippen molar-refractivity contribution < 1.29 is 19.4 Å². The number of carbonyl (C=O) groups is 2. The average molecular weight is 277 g/mol. The van der Waals surface area contributed by atoms with E-state index in [-0.39, 0.29) is 18.4 Å². The van der Waals surface area contributed by atoms with E-state index in [1.54, 1.807) is 18.1 Å². The maximum absolute atomic E-state index is 12.1. The maximum atomic E-state index is 12.1. The van der Waals surface area contributed by atoms with Gasteiger partial charge in [-0.3, -0.25) is 9.59 Å². The quantitative estimate of drug-likeness (QED) is 0.915. The van der Waals surface area contributed by atoms with Crippen molar-refractivity contribution in [3.05, 3.63) is 29.8 Å². The summed E-state index contributed by atoms with van der Waals surface area (Å²) < 4.78 is 5.32. The van der Waals surface area contributed by atoms with Crippen molar-refractivity contribution in [3.8, 4) is 5.75 Å². The van der Waals surface area contributed by atoms with E-state index in [9.17, 15) is 14.7 Å². The molecule has 0 bridgehead atoms. The van der Waals surface area contributed by atoms with Gasteiger partial charge in [0.15, 0.2) is 0 Å². The first-order valence-electron chi connectivity index (χ1n) is 6.64. The molecule has 1 aliphatic heterocycles. The lowest BCUT2D eigenvalue weighted by molar-refractivity contribution is -0.142. The second kappa shape index (κ2) is 5.53. The van der Waals surface area contributed by atoms with Crippen LogP contribution in [0.3, 0.4) is 0 Å². The summed E-state index contributed by atoms with van der Waals surface area (Å²) in [4.78, 5) is 25.3. The third-order valence-corrected chi connectivity index (χ3v) is 3.69. The number of nitrogens with zero attached hydrogens (tertiary/aromatic N) is 1. The van der Waals surface area contributed by atoms with Crippen LogP contribution in [0.2, 0.25) is 0 Å². The van der Waals surface area contributed by atoms with Gasteiger partial charge in [-0.05, 0) is 19.9 Å². The number of amides is 1. The lowest BCUT2D eigenvalue weighted by atomic mass is 9.92. The molecule has 5 heteroatoms. The molecule has 0 saturated carbocycles. The van der Waals surface area contributed by atoms with Crippen LogP contribution in [0.5, 0.6) is 5.75 Å². The Balaban J connectivity index is 2.52. The smallest absolute Gasteiger partial charge is 0.309 e. The van der Waals surface area contributed by atoms with E-state index in [2.05, 4.69) is 0 Å². The zero-order valence-corrected chi connectivity index (χ0v) is 11.9. The number of benzene rings is 1. The van der Waals surface area contributed by atoms with Crippen LogP contribution in [-0.2, 0) is 9.59 Å². The zero-order valence-electron chi connectivity index (χ0n) is 11.9. The van der Waals surface area contributed by atoms with Crippen molar-refractivity contribution in [2.75, 3.05) is 7.11 Å². The number of rotatable bonds is 4. The fraction of sp³-hybridized carbons (Fsp3) is 0.467. The molecule has 1 N–H and O–H groups in total. The molecule has 20 heavy (non-hydrogen) atoms. The average Bonchev–Trinajstić information content (AvgIpc) is 2.76. The number of carboxylic acid groups (broad SMARTS) is 1. The molecule has 1 saturated heterocycles. The summed E-state index contributed by atoms with van der Waals surface area (Å²) in [6.45, 7) is 3.79. The Kier molecular flexibility index (Phi) is 3.97. The van der Waals surface area contributed by atoms with E-state index in [0.29, 0.717) is 5.75 Å². The molecule has 0 aromatic heterocycles. The number of ether oxygens (including phenoxy) is 1. The molecule has 1 aromatic rings. The van der Waals surface area contributed by atoms with Gasteiger partial charge in [0.25, 0.3) is 0 Å². The van der Waals surface area contributed by atoms with Gasteiger partial charge < -0.3 is 14.7 Å². The van der Waals surface area contributed by atoms with Crippen LogP contribution >= 0.6 is 0 Å². The number of carbonyl (C=O) groups excluding carboxylic acids is 1. The first-order chi connectivity index (χ1) is 9.47. The first-order valence-corrected chi connectivity index (χ1v) is 6.64. The Bertz CT molecular complexity index is 526. The fourth-order valence-electron chi connectivity index (χ4n) is 2.86. The van der Waals surface area contributed by atoms with Crippen LogP contribution in [0.15, 0.2) is 24.3 Å². The third kappa shape index (κ3) is 2.35. The van der Waals surface area contributed by atoms with Crippen molar-refractivity contribution in [1.82, 2.24) is 4.90 Å². The Hall–Kier alpha value is -2.04. The lowest BCUT2D eigenvalue weighted by Gasteiger charge is -2.31. The van der Waals surface area contributed by atoms with Crippen molar-refractivity contribution in [2.45, 2.75) is 32.4 Å².